The molecule has 0 aliphatic carbocycles. The number of likely N-dealkylation sites (N-methyl/N-ethyl adjacent to an activating group) is 2. The van der Waals surface area contributed by atoms with Crippen LogP contribution in [0.25, 0.3) is 0 Å². The summed E-state index contributed by atoms with van der Waals surface area (Å²) >= 11 is 0. The highest BCUT2D eigenvalue weighted by Gasteiger charge is 2.24. The zero-order valence-corrected chi connectivity index (χ0v) is 11.3. The van der Waals surface area contributed by atoms with Gasteiger partial charge < -0.3 is 10.1 Å². The van der Waals surface area contributed by atoms with Crippen LogP contribution in [0.3, 0.4) is 0 Å². The number of nitrogens with one attached hydrogen (secondary N) is 1. The van der Waals surface area contributed by atoms with Crippen molar-refractivity contribution in [3.63, 3.8) is 0 Å². The van der Waals surface area contributed by atoms with Crippen molar-refractivity contribution in [3.05, 3.63) is 0 Å². The molecule has 0 spiro atoms. The van der Waals surface area contributed by atoms with Crippen molar-refractivity contribution < 1.29 is 4.74 Å². The first-order chi connectivity index (χ1) is 6.95. The van der Waals surface area contributed by atoms with E-state index in [9.17, 15) is 0 Å². The molecule has 0 aliphatic heterocycles. The van der Waals surface area contributed by atoms with Crippen LogP contribution in [0.1, 0.15) is 27.7 Å². The van der Waals surface area contributed by atoms with Crippen molar-refractivity contribution in [3.8, 4) is 0 Å². The van der Waals surface area contributed by atoms with E-state index in [0.29, 0.717) is 11.5 Å². The van der Waals surface area contributed by atoms with E-state index in [2.05, 4.69) is 37.9 Å². The molecule has 0 aromatic carbocycles. The molecule has 0 bridgehead atoms. The zero-order chi connectivity index (χ0) is 11.9. The molecule has 1 unspecified atom stereocenters. The van der Waals surface area contributed by atoms with E-state index in [1.54, 1.807) is 7.11 Å². The minimum absolute atomic E-state index is 0.301. The van der Waals surface area contributed by atoms with Crippen LogP contribution in [0, 0.1) is 5.41 Å². The van der Waals surface area contributed by atoms with Gasteiger partial charge in [-0.15, -0.1) is 0 Å². The van der Waals surface area contributed by atoms with Gasteiger partial charge in [0, 0.05) is 26.2 Å². The normalized spacial score (nSPS) is 14.6. The fraction of sp³-hybridized carbons (Fsp3) is 1.00. The average molecular weight is 216 g/mol. The second-order valence-corrected chi connectivity index (χ2v) is 5.09. The van der Waals surface area contributed by atoms with Crippen molar-refractivity contribution in [2.45, 2.75) is 33.7 Å². The van der Waals surface area contributed by atoms with Crippen molar-refractivity contribution in [2.24, 2.45) is 5.41 Å². The molecule has 0 saturated carbocycles. The van der Waals surface area contributed by atoms with E-state index in [0.717, 1.165) is 26.2 Å². The van der Waals surface area contributed by atoms with E-state index >= 15 is 0 Å². The standard InChI is InChI=1S/C12H28N2O/c1-7-14(8-9-15-6)10-11(13-5)12(2,3)4/h11,13H,7-10H2,1-6H3. The van der Waals surface area contributed by atoms with Crippen LogP contribution in [0.15, 0.2) is 0 Å². The van der Waals surface area contributed by atoms with Crippen LogP contribution in [-0.2, 0) is 4.74 Å². The fourth-order valence-electron chi connectivity index (χ4n) is 1.66. The van der Waals surface area contributed by atoms with Gasteiger partial charge in [-0.1, -0.05) is 27.7 Å². The lowest BCUT2D eigenvalue weighted by Crippen LogP contribution is -2.47. The monoisotopic (exact) mass is 216 g/mol. The largest absolute Gasteiger partial charge is 0.383 e. The lowest BCUT2D eigenvalue weighted by Gasteiger charge is -2.34. The smallest absolute Gasteiger partial charge is 0.0589 e. The highest BCUT2D eigenvalue weighted by Crippen LogP contribution is 2.19. The zero-order valence-electron chi connectivity index (χ0n) is 11.3. The van der Waals surface area contributed by atoms with Gasteiger partial charge in [0.25, 0.3) is 0 Å². The predicted molar refractivity (Wildman–Crippen MR) is 66.3 cm³/mol. The Morgan fingerprint density at radius 3 is 2.27 bits per heavy atom. The molecule has 1 atom stereocenters. The summed E-state index contributed by atoms with van der Waals surface area (Å²) in [7, 11) is 3.80. The molecule has 15 heavy (non-hydrogen) atoms. The third kappa shape index (κ3) is 6.13. The Labute approximate surface area is 95.2 Å². The molecule has 0 heterocycles. The SMILES string of the molecule is CCN(CCOC)CC(NC)C(C)(C)C. The van der Waals surface area contributed by atoms with Crippen LogP contribution in [0.4, 0.5) is 0 Å². The maximum absolute atomic E-state index is 5.11. The number of ether oxygens (including phenoxy) is 1. The number of nitrogens with zero attached hydrogens (tertiary/aromatic N) is 1. The Balaban J connectivity index is 4.12. The van der Waals surface area contributed by atoms with Gasteiger partial charge in [-0.05, 0) is 19.0 Å². The molecule has 0 aromatic rings. The predicted octanol–water partition coefficient (Wildman–Crippen LogP) is 1.59. The second-order valence-electron chi connectivity index (χ2n) is 5.09. The van der Waals surface area contributed by atoms with Gasteiger partial charge in [0.1, 0.15) is 0 Å². The summed E-state index contributed by atoms with van der Waals surface area (Å²) in [5, 5.41) is 3.40. The third-order valence-electron chi connectivity index (χ3n) is 2.89. The third-order valence-corrected chi connectivity index (χ3v) is 2.89. The summed E-state index contributed by atoms with van der Waals surface area (Å²) in [5.41, 5.74) is 0.301. The van der Waals surface area contributed by atoms with Crippen LogP contribution >= 0.6 is 0 Å². The molecule has 3 nitrogen and oxygen atoms in total. The van der Waals surface area contributed by atoms with Crippen molar-refractivity contribution >= 4 is 0 Å². The van der Waals surface area contributed by atoms with Gasteiger partial charge >= 0.3 is 0 Å². The van der Waals surface area contributed by atoms with E-state index in [4.69, 9.17) is 4.74 Å². The van der Waals surface area contributed by atoms with Gasteiger partial charge in [0.05, 0.1) is 6.61 Å². The maximum atomic E-state index is 5.11. The number of rotatable bonds is 7. The summed E-state index contributed by atoms with van der Waals surface area (Å²) in [4.78, 5) is 2.43. The first kappa shape index (κ1) is 14.9. The number of hydrogen-bond donors (Lipinski definition) is 1. The highest BCUT2D eigenvalue weighted by atomic mass is 16.5. The highest BCUT2D eigenvalue weighted by molar-refractivity contribution is 4.82. The Bertz CT molecular complexity index is 154. The van der Waals surface area contributed by atoms with Crippen molar-refractivity contribution in [1.29, 1.82) is 0 Å². The van der Waals surface area contributed by atoms with E-state index in [-0.39, 0.29) is 0 Å². The molecule has 3 heteroatoms. The summed E-state index contributed by atoms with van der Waals surface area (Å²) < 4.78 is 5.11. The molecular formula is C12H28N2O. The molecule has 0 amide bonds. The van der Waals surface area contributed by atoms with Gasteiger partial charge in [-0.2, -0.15) is 0 Å². The first-order valence-electron chi connectivity index (χ1n) is 5.84. The number of hydrogen-bond acceptors (Lipinski definition) is 3. The first-order valence-corrected chi connectivity index (χ1v) is 5.84. The molecule has 0 radical (unpaired) electrons. The Morgan fingerprint density at radius 2 is 1.93 bits per heavy atom. The lowest BCUT2D eigenvalue weighted by atomic mass is 9.86. The van der Waals surface area contributed by atoms with E-state index < -0.39 is 0 Å². The number of methoxy groups -OCH3 is 1. The summed E-state index contributed by atoms with van der Waals surface area (Å²) in [6, 6.07) is 0.523. The molecule has 92 valence electrons. The van der Waals surface area contributed by atoms with Gasteiger partial charge in [0.2, 0.25) is 0 Å². The topological polar surface area (TPSA) is 24.5 Å². The molecule has 0 fully saturated rings. The summed E-state index contributed by atoms with van der Waals surface area (Å²) in [6.45, 7) is 13.0. The maximum Gasteiger partial charge on any atom is 0.0589 e. The van der Waals surface area contributed by atoms with E-state index in [1.165, 1.54) is 0 Å². The van der Waals surface area contributed by atoms with Crippen LogP contribution in [-0.4, -0.2) is 51.3 Å². The van der Waals surface area contributed by atoms with Crippen molar-refractivity contribution in [2.75, 3.05) is 40.4 Å². The second kappa shape index (κ2) is 7.20. The molecule has 1 N–H and O–H groups in total. The quantitative estimate of drug-likeness (QED) is 0.699. The Kier molecular flexibility index (Phi) is 7.14. The van der Waals surface area contributed by atoms with Gasteiger partial charge in [-0.25, -0.2) is 0 Å². The minimum atomic E-state index is 0.301. The van der Waals surface area contributed by atoms with Gasteiger partial charge in [0.15, 0.2) is 0 Å². The van der Waals surface area contributed by atoms with Crippen molar-refractivity contribution in [1.82, 2.24) is 10.2 Å². The minimum Gasteiger partial charge on any atom is -0.383 e. The summed E-state index contributed by atoms with van der Waals surface area (Å²) in [5.74, 6) is 0. The Hall–Kier alpha value is -0.120. The average Bonchev–Trinajstić information content (AvgIpc) is 2.16. The van der Waals surface area contributed by atoms with Crippen LogP contribution in [0.2, 0.25) is 0 Å². The van der Waals surface area contributed by atoms with Crippen LogP contribution in [0.5, 0.6) is 0 Å². The van der Waals surface area contributed by atoms with Gasteiger partial charge in [-0.3, -0.25) is 4.90 Å². The van der Waals surface area contributed by atoms with E-state index in [1.807, 2.05) is 7.05 Å². The van der Waals surface area contributed by atoms with Crippen LogP contribution < -0.4 is 5.32 Å². The molecule has 0 aliphatic rings. The lowest BCUT2D eigenvalue weighted by molar-refractivity contribution is 0.127. The summed E-state index contributed by atoms with van der Waals surface area (Å²) in [6.07, 6.45) is 0. The Morgan fingerprint density at radius 1 is 1.33 bits per heavy atom. The fourth-order valence-corrected chi connectivity index (χ4v) is 1.66. The molecule has 0 saturated heterocycles. The molecule has 0 rings (SSSR count). The molecular weight excluding hydrogens is 188 g/mol. The molecule has 0 aromatic heterocycles.